The Kier molecular flexibility index (Phi) is 5.86. The van der Waals surface area contributed by atoms with Crippen LogP contribution in [0.3, 0.4) is 0 Å². The van der Waals surface area contributed by atoms with Gasteiger partial charge in [0.1, 0.15) is 11.4 Å². The minimum absolute atomic E-state index is 0.0853. The average Bonchev–Trinajstić information content (AvgIpc) is 2.95. The molecule has 1 aromatic rings. The number of carbonyl (C=O) groups excluding carboxylic acids is 1. The van der Waals surface area contributed by atoms with Crippen LogP contribution >= 0.6 is 11.6 Å². The molecule has 0 spiro atoms. The number of benzene rings is 1. The molecule has 2 atom stereocenters. The summed E-state index contributed by atoms with van der Waals surface area (Å²) in [4.78, 5) is 15.3. The molecule has 0 bridgehead atoms. The number of hydrogen-bond donors (Lipinski definition) is 3. The molecule has 1 aromatic carbocycles. The van der Waals surface area contributed by atoms with Gasteiger partial charge in [0.15, 0.2) is 0 Å². The molecule has 0 aliphatic carbocycles. The molecule has 1 amide bonds. The second-order valence-corrected chi connectivity index (χ2v) is 8.31. The molecular formula is C19H29ClN4O3. The van der Waals surface area contributed by atoms with Gasteiger partial charge in [-0.3, -0.25) is 9.69 Å². The number of fused-ring (bicyclic) bond motifs is 1. The summed E-state index contributed by atoms with van der Waals surface area (Å²) in [6, 6.07) is 1.51. The molecule has 2 heterocycles. The van der Waals surface area contributed by atoms with E-state index >= 15 is 0 Å². The third-order valence-corrected chi connectivity index (χ3v) is 5.62. The first-order valence-electron chi connectivity index (χ1n) is 9.31. The second kappa shape index (κ2) is 7.83. The fourth-order valence-corrected chi connectivity index (χ4v) is 4.14. The maximum absolute atomic E-state index is 13.0. The van der Waals surface area contributed by atoms with Crippen molar-refractivity contribution in [2.24, 2.45) is 5.73 Å². The van der Waals surface area contributed by atoms with Crippen LogP contribution in [-0.4, -0.2) is 61.8 Å². The summed E-state index contributed by atoms with van der Waals surface area (Å²) in [5, 5.41) is 3.48. The van der Waals surface area contributed by atoms with Gasteiger partial charge >= 0.3 is 0 Å². The number of nitrogens with two attached hydrogens (primary N) is 2. The van der Waals surface area contributed by atoms with Crippen molar-refractivity contribution in [2.45, 2.75) is 44.4 Å². The molecule has 0 aromatic heterocycles. The van der Waals surface area contributed by atoms with E-state index in [1.54, 1.807) is 13.2 Å². The molecule has 150 valence electrons. The highest BCUT2D eigenvalue weighted by molar-refractivity contribution is 6.33. The smallest absolute Gasteiger partial charge is 0.255 e. The Hall–Kier alpha value is -1.54. The Balaban J connectivity index is 1.80. The monoisotopic (exact) mass is 396 g/mol. The number of hydrogen-bond acceptors (Lipinski definition) is 6. The lowest BCUT2D eigenvalue weighted by Crippen LogP contribution is -2.55. The summed E-state index contributed by atoms with van der Waals surface area (Å²) >= 11 is 6.28. The summed E-state index contributed by atoms with van der Waals surface area (Å²) in [7, 11) is 1.67. The number of likely N-dealkylation sites (tertiary alicyclic amines) is 1. The van der Waals surface area contributed by atoms with Crippen molar-refractivity contribution in [2.75, 3.05) is 39.0 Å². The highest BCUT2D eigenvalue weighted by Gasteiger charge is 2.37. The quantitative estimate of drug-likeness (QED) is 0.650. The fourth-order valence-electron chi connectivity index (χ4n) is 3.91. The van der Waals surface area contributed by atoms with E-state index in [9.17, 15) is 4.79 Å². The molecule has 8 heteroatoms. The number of amides is 1. The number of anilines is 1. The van der Waals surface area contributed by atoms with E-state index in [0.717, 1.165) is 31.6 Å². The summed E-state index contributed by atoms with van der Waals surface area (Å²) < 4.78 is 11.6. The zero-order valence-electron chi connectivity index (χ0n) is 16.2. The molecule has 2 unspecified atom stereocenters. The van der Waals surface area contributed by atoms with Crippen LogP contribution in [-0.2, 0) is 11.2 Å². The van der Waals surface area contributed by atoms with Gasteiger partial charge in [-0.1, -0.05) is 11.6 Å². The minimum Gasteiger partial charge on any atom is -0.486 e. The SMILES string of the molecule is COC1CN(CCN)CCC1NC(=O)c1cc(Cl)c(N)c2c1OC(C)(C)C2. The Morgan fingerprint density at radius 3 is 2.93 bits per heavy atom. The molecule has 7 nitrogen and oxygen atoms in total. The maximum Gasteiger partial charge on any atom is 0.255 e. The first-order valence-corrected chi connectivity index (χ1v) is 9.69. The Labute approximate surface area is 165 Å². The van der Waals surface area contributed by atoms with Gasteiger partial charge in [0, 0.05) is 45.3 Å². The largest absolute Gasteiger partial charge is 0.486 e. The predicted octanol–water partition coefficient (Wildman–Crippen LogP) is 1.41. The number of ether oxygens (including phenoxy) is 2. The van der Waals surface area contributed by atoms with Crippen LogP contribution in [0.4, 0.5) is 5.69 Å². The Morgan fingerprint density at radius 2 is 2.26 bits per heavy atom. The Morgan fingerprint density at radius 1 is 1.52 bits per heavy atom. The van der Waals surface area contributed by atoms with E-state index in [-0.39, 0.29) is 18.1 Å². The van der Waals surface area contributed by atoms with E-state index in [0.29, 0.717) is 35.0 Å². The zero-order valence-corrected chi connectivity index (χ0v) is 16.9. The highest BCUT2D eigenvalue weighted by Crippen LogP contribution is 2.44. The van der Waals surface area contributed by atoms with Crippen LogP contribution < -0.4 is 21.5 Å². The van der Waals surface area contributed by atoms with Crippen molar-refractivity contribution in [3.63, 3.8) is 0 Å². The van der Waals surface area contributed by atoms with Crippen LogP contribution in [0.25, 0.3) is 0 Å². The number of rotatable bonds is 5. The number of carbonyl (C=O) groups is 1. The average molecular weight is 397 g/mol. The molecule has 27 heavy (non-hydrogen) atoms. The lowest BCUT2D eigenvalue weighted by Gasteiger charge is -2.38. The normalized spacial score (nSPS) is 24.3. The number of halogens is 1. The van der Waals surface area contributed by atoms with Gasteiger partial charge in [-0.05, 0) is 26.3 Å². The molecule has 2 aliphatic rings. The van der Waals surface area contributed by atoms with E-state index in [4.69, 9.17) is 32.5 Å². The van der Waals surface area contributed by atoms with Gasteiger partial charge in [0.2, 0.25) is 0 Å². The number of nitrogen functional groups attached to an aromatic ring is 1. The maximum atomic E-state index is 13.0. The van der Waals surface area contributed by atoms with Crippen LogP contribution in [0.5, 0.6) is 5.75 Å². The summed E-state index contributed by atoms with van der Waals surface area (Å²) in [6.45, 7) is 6.97. The second-order valence-electron chi connectivity index (χ2n) is 7.90. The van der Waals surface area contributed by atoms with Crippen molar-refractivity contribution in [1.29, 1.82) is 0 Å². The van der Waals surface area contributed by atoms with E-state index in [1.807, 2.05) is 13.8 Å². The summed E-state index contributed by atoms with van der Waals surface area (Å²) in [5.74, 6) is 0.319. The fraction of sp³-hybridized carbons (Fsp3) is 0.632. The lowest BCUT2D eigenvalue weighted by atomic mass is 9.97. The molecule has 1 saturated heterocycles. The molecule has 3 rings (SSSR count). The lowest BCUT2D eigenvalue weighted by molar-refractivity contribution is 0.00731. The van der Waals surface area contributed by atoms with E-state index in [1.165, 1.54) is 0 Å². The molecule has 0 saturated carbocycles. The first-order chi connectivity index (χ1) is 12.8. The molecule has 5 N–H and O–H groups in total. The van der Waals surface area contributed by atoms with Crippen LogP contribution in [0, 0.1) is 0 Å². The van der Waals surface area contributed by atoms with E-state index < -0.39 is 5.60 Å². The molecule has 1 fully saturated rings. The van der Waals surface area contributed by atoms with Gasteiger partial charge in [-0.25, -0.2) is 0 Å². The third-order valence-electron chi connectivity index (χ3n) is 5.31. The van der Waals surface area contributed by atoms with Crippen molar-refractivity contribution >= 4 is 23.2 Å². The summed E-state index contributed by atoms with van der Waals surface area (Å²) in [5.41, 5.74) is 13.1. The minimum atomic E-state index is -0.418. The number of nitrogens with zero attached hydrogens (tertiary/aromatic N) is 1. The molecule has 2 aliphatic heterocycles. The van der Waals surface area contributed by atoms with Gasteiger partial charge in [-0.15, -0.1) is 0 Å². The van der Waals surface area contributed by atoms with Crippen molar-refractivity contribution in [3.05, 3.63) is 22.2 Å². The highest BCUT2D eigenvalue weighted by atomic mass is 35.5. The number of nitrogens with one attached hydrogen (secondary N) is 1. The summed E-state index contributed by atoms with van der Waals surface area (Å²) in [6.07, 6.45) is 1.32. The Bertz CT molecular complexity index is 725. The van der Waals surface area contributed by atoms with Crippen molar-refractivity contribution in [3.8, 4) is 5.75 Å². The third kappa shape index (κ3) is 4.16. The van der Waals surface area contributed by atoms with Gasteiger partial charge in [0.25, 0.3) is 5.91 Å². The van der Waals surface area contributed by atoms with Gasteiger partial charge in [-0.2, -0.15) is 0 Å². The van der Waals surface area contributed by atoms with Gasteiger partial charge < -0.3 is 26.3 Å². The van der Waals surface area contributed by atoms with E-state index in [2.05, 4.69) is 10.2 Å². The molecule has 0 radical (unpaired) electrons. The standard InChI is InChI=1S/C19H29ClN4O3/c1-19(2)9-12-16(22)13(20)8-11(17(12)27-19)18(25)23-14-4-6-24(7-5-21)10-15(14)26-3/h8,14-15H,4-7,9-10,21-22H2,1-3H3,(H,23,25). The predicted molar refractivity (Wildman–Crippen MR) is 106 cm³/mol. The van der Waals surface area contributed by atoms with Crippen molar-refractivity contribution in [1.82, 2.24) is 10.2 Å². The topological polar surface area (TPSA) is 103 Å². The van der Waals surface area contributed by atoms with Gasteiger partial charge in [0.05, 0.1) is 28.4 Å². The zero-order chi connectivity index (χ0) is 19.8. The van der Waals surface area contributed by atoms with Crippen LogP contribution in [0.2, 0.25) is 5.02 Å². The first kappa shape index (κ1) is 20.2. The molecular weight excluding hydrogens is 368 g/mol. The van der Waals surface area contributed by atoms with Crippen LogP contribution in [0.1, 0.15) is 36.2 Å². The number of piperidine rings is 1. The van der Waals surface area contributed by atoms with Crippen molar-refractivity contribution < 1.29 is 14.3 Å². The van der Waals surface area contributed by atoms with Crippen LogP contribution in [0.15, 0.2) is 6.07 Å². The number of methoxy groups -OCH3 is 1.